The van der Waals surface area contributed by atoms with Crippen molar-refractivity contribution in [1.29, 1.82) is 0 Å². The molecule has 4 atom stereocenters. The van der Waals surface area contributed by atoms with Crippen molar-refractivity contribution in [1.82, 2.24) is 15.1 Å². The minimum Gasteiger partial charge on any atom is -0.368 e. The van der Waals surface area contributed by atoms with Gasteiger partial charge in [-0.15, -0.1) is 0 Å². The van der Waals surface area contributed by atoms with Crippen molar-refractivity contribution < 1.29 is 9.59 Å². The lowest BCUT2D eigenvalue weighted by Gasteiger charge is -2.43. The third kappa shape index (κ3) is 6.01. The van der Waals surface area contributed by atoms with Crippen LogP contribution in [0.15, 0.2) is 30.3 Å². The molecule has 1 aromatic carbocycles. The summed E-state index contributed by atoms with van der Waals surface area (Å²) >= 11 is 0. The lowest BCUT2D eigenvalue weighted by Crippen LogP contribution is -2.64. The highest BCUT2D eigenvalue weighted by atomic mass is 16.2. The Balaban J connectivity index is 1.78. The first-order valence-electron chi connectivity index (χ1n) is 13.4. The van der Waals surface area contributed by atoms with Crippen molar-refractivity contribution in [3.63, 3.8) is 0 Å². The molecule has 6 heteroatoms. The van der Waals surface area contributed by atoms with E-state index in [4.69, 9.17) is 5.73 Å². The van der Waals surface area contributed by atoms with Crippen molar-refractivity contribution in [2.24, 2.45) is 23.5 Å². The maximum absolute atomic E-state index is 14.2. The number of hydrogen-bond donors (Lipinski definition) is 2. The molecule has 2 fully saturated rings. The lowest BCUT2D eigenvalue weighted by molar-refractivity contribution is -0.147. The Morgan fingerprint density at radius 2 is 1.85 bits per heavy atom. The summed E-state index contributed by atoms with van der Waals surface area (Å²) in [6.45, 7) is 9.88. The van der Waals surface area contributed by atoms with E-state index in [-0.39, 0.29) is 17.9 Å². The molecule has 1 unspecified atom stereocenters. The monoisotopic (exact) mass is 470 g/mol. The van der Waals surface area contributed by atoms with E-state index in [2.05, 4.69) is 59.3 Å². The highest BCUT2D eigenvalue weighted by Gasteiger charge is 2.50. The quantitative estimate of drug-likeness (QED) is 0.519. The molecule has 0 radical (unpaired) electrons. The number of carbonyl (C=O) groups excluding carboxylic acids is 2. The van der Waals surface area contributed by atoms with E-state index in [0.29, 0.717) is 5.92 Å². The van der Waals surface area contributed by atoms with Crippen molar-refractivity contribution in [3.8, 4) is 0 Å². The number of nitrogens with two attached hydrogens (primary N) is 1. The van der Waals surface area contributed by atoms with Gasteiger partial charge >= 0.3 is 0 Å². The maximum Gasteiger partial charge on any atom is 0.238 e. The Hall–Kier alpha value is -1.92. The molecule has 1 aliphatic carbocycles. The second-order valence-electron chi connectivity index (χ2n) is 10.7. The molecular formula is C28H46N4O2. The summed E-state index contributed by atoms with van der Waals surface area (Å²) in [6.07, 6.45) is 7.46. The van der Waals surface area contributed by atoms with E-state index in [9.17, 15) is 9.59 Å². The second-order valence-corrected chi connectivity index (χ2v) is 10.7. The zero-order valence-electron chi connectivity index (χ0n) is 21.8. The van der Waals surface area contributed by atoms with Gasteiger partial charge in [0.05, 0.1) is 5.92 Å². The molecule has 0 spiro atoms. The highest BCUT2D eigenvalue weighted by molar-refractivity contribution is 5.93. The second kappa shape index (κ2) is 12.2. The number of hydrogen-bond acceptors (Lipinski definition) is 4. The van der Waals surface area contributed by atoms with Gasteiger partial charge in [-0.2, -0.15) is 0 Å². The van der Waals surface area contributed by atoms with Gasteiger partial charge in [-0.25, -0.2) is 0 Å². The molecule has 34 heavy (non-hydrogen) atoms. The molecular weight excluding hydrogens is 424 g/mol. The molecule has 2 amide bonds. The van der Waals surface area contributed by atoms with Gasteiger partial charge in [0, 0.05) is 25.7 Å². The fraction of sp³-hybridized carbons (Fsp3) is 0.714. The van der Waals surface area contributed by atoms with Crippen LogP contribution in [0.25, 0.3) is 0 Å². The Labute approximate surface area is 206 Å². The Bertz CT molecular complexity index is 795. The molecule has 190 valence electrons. The summed E-state index contributed by atoms with van der Waals surface area (Å²) in [5.74, 6) is -0.0847. The van der Waals surface area contributed by atoms with Gasteiger partial charge in [0.25, 0.3) is 0 Å². The summed E-state index contributed by atoms with van der Waals surface area (Å²) in [5, 5.41) is 3.16. The van der Waals surface area contributed by atoms with Crippen LogP contribution in [0, 0.1) is 17.8 Å². The predicted octanol–water partition coefficient (Wildman–Crippen LogP) is 3.45. The first kappa shape index (κ1) is 26.7. The van der Waals surface area contributed by atoms with Crippen LogP contribution in [0.2, 0.25) is 0 Å². The first-order valence-corrected chi connectivity index (χ1v) is 13.4. The lowest BCUT2D eigenvalue weighted by atomic mass is 9.69. The van der Waals surface area contributed by atoms with Crippen LogP contribution in [-0.4, -0.2) is 66.4 Å². The van der Waals surface area contributed by atoms with E-state index in [1.54, 1.807) is 7.05 Å². The zero-order chi connectivity index (χ0) is 24.7. The number of carbonyl (C=O) groups is 2. The number of benzene rings is 1. The van der Waals surface area contributed by atoms with Crippen LogP contribution in [0.1, 0.15) is 64.9 Å². The SMILES string of the molecule is CCN(CCc1ccccc1)C[C@@H]1[C@H](C)CCN1C(=O)[C@@H](C1CCCCC1)C(C)(NC)C(N)=O. The van der Waals surface area contributed by atoms with E-state index in [1.165, 1.54) is 12.0 Å². The molecule has 1 aromatic rings. The Kier molecular flexibility index (Phi) is 9.55. The zero-order valence-corrected chi connectivity index (χ0v) is 21.8. The topological polar surface area (TPSA) is 78.7 Å². The van der Waals surface area contributed by atoms with E-state index >= 15 is 0 Å². The number of amides is 2. The number of nitrogens with one attached hydrogen (secondary N) is 1. The molecule has 0 aromatic heterocycles. The molecule has 2 aliphatic rings. The van der Waals surface area contributed by atoms with E-state index < -0.39 is 17.4 Å². The normalized spacial score (nSPS) is 24.2. The third-order valence-electron chi connectivity index (χ3n) is 8.66. The summed E-state index contributed by atoms with van der Waals surface area (Å²) in [5.41, 5.74) is 6.21. The highest BCUT2D eigenvalue weighted by Crippen LogP contribution is 2.39. The number of likely N-dealkylation sites (tertiary alicyclic amines) is 1. The largest absolute Gasteiger partial charge is 0.368 e. The van der Waals surface area contributed by atoms with Crippen LogP contribution < -0.4 is 11.1 Å². The molecule has 0 bridgehead atoms. The van der Waals surface area contributed by atoms with Gasteiger partial charge < -0.3 is 20.9 Å². The summed E-state index contributed by atoms with van der Waals surface area (Å²) in [7, 11) is 1.76. The average molecular weight is 471 g/mol. The number of likely N-dealkylation sites (N-methyl/N-ethyl adjacent to an activating group) is 2. The molecule has 1 heterocycles. The van der Waals surface area contributed by atoms with Crippen molar-refractivity contribution in [2.45, 2.75) is 77.3 Å². The van der Waals surface area contributed by atoms with Crippen LogP contribution in [0.5, 0.6) is 0 Å². The van der Waals surface area contributed by atoms with E-state index in [1.807, 2.05) is 6.92 Å². The predicted molar refractivity (Wildman–Crippen MR) is 138 cm³/mol. The van der Waals surface area contributed by atoms with Gasteiger partial charge in [-0.05, 0) is 63.6 Å². The van der Waals surface area contributed by atoms with Crippen molar-refractivity contribution in [3.05, 3.63) is 35.9 Å². The van der Waals surface area contributed by atoms with Crippen molar-refractivity contribution in [2.75, 3.05) is 33.2 Å². The van der Waals surface area contributed by atoms with Crippen molar-refractivity contribution >= 4 is 11.8 Å². The standard InChI is InChI=1S/C28H46N4O2/c1-5-31(18-17-22-12-8-6-9-13-22)20-24-21(2)16-19-32(24)26(33)25(23-14-10-7-11-15-23)28(3,30-4)27(29)34/h6,8-9,12-13,21,23-25,30H,5,7,10-11,14-20H2,1-4H3,(H2,29,34)/t21-,24-,25-,28?/m1/s1. The number of primary amides is 1. The smallest absolute Gasteiger partial charge is 0.238 e. The molecule has 1 aliphatic heterocycles. The first-order chi connectivity index (χ1) is 16.3. The molecule has 1 saturated heterocycles. The maximum atomic E-state index is 14.2. The Morgan fingerprint density at radius 1 is 1.18 bits per heavy atom. The fourth-order valence-electron chi connectivity index (χ4n) is 6.13. The van der Waals surface area contributed by atoms with Gasteiger partial charge in [0.2, 0.25) is 11.8 Å². The minimum atomic E-state index is -1.03. The molecule has 6 nitrogen and oxygen atoms in total. The minimum absolute atomic E-state index is 0.121. The van der Waals surface area contributed by atoms with E-state index in [0.717, 1.165) is 64.7 Å². The number of nitrogens with zero attached hydrogens (tertiary/aromatic N) is 2. The third-order valence-corrected chi connectivity index (χ3v) is 8.66. The van der Waals surface area contributed by atoms with Gasteiger partial charge in [-0.1, -0.05) is 63.4 Å². The summed E-state index contributed by atoms with van der Waals surface area (Å²) < 4.78 is 0. The fourth-order valence-corrected chi connectivity index (χ4v) is 6.13. The van der Waals surface area contributed by atoms with Crippen LogP contribution in [0.3, 0.4) is 0 Å². The van der Waals surface area contributed by atoms with Crippen LogP contribution in [0.4, 0.5) is 0 Å². The molecule has 1 saturated carbocycles. The summed E-state index contributed by atoms with van der Waals surface area (Å²) in [4.78, 5) is 31.4. The average Bonchev–Trinajstić information content (AvgIpc) is 3.22. The van der Waals surface area contributed by atoms with Gasteiger partial charge in [0.15, 0.2) is 0 Å². The molecule has 3 rings (SSSR count). The summed E-state index contributed by atoms with van der Waals surface area (Å²) in [6, 6.07) is 10.8. The number of rotatable bonds is 11. The van der Waals surface area contributed by atoms with Gasteiger partial charge in [0.1, 0.15) is 5.54 Å². The Morgan fingerprint density at radius 3 is 2.44 bits per heavy atom. The molecule has 3 N–H and O–H groups in total. The van der Waals surface area contributed by atoms with Crippen LogP contribution in [-0.2, 0) is 16.0 Å². The van der Waals surface area contributed by atoms with Crippen LogP contribution >= 0.6 is 0 Å². The van der Waals surface area contributed by atoms with Gasteiger partial charge in [-0.3, -0.25) is 9.59 Å².